The summed E-state index contributed by atoms with van der Waals surface area (Å²) in [7, 11) is 0. The predicted molar refractivity (Wildman–Crippen MR) is 115 cm³/mol. The maximum absolute atomic E-state index is 12.9. The SMILES string of the molecule is Cc1c(Cl)cccc1NC(=O)[C@@H]1CC(=O)Nc2nc(Nc3ccccc3)[nH]c(=O)c21. The molecule has 9 heteroatoms. The molecule has 0 spiro atoms. The van der Waals surface area contributed by atoms with Crippen LogP contribution < -0.4 is 21.5 Å². The molecule has 1 aromatic heterocycles. The third kappa shape index (κ3) is 3.90. The number of hydrogen-bond acceptors (Lipinski definition) is 5. The van der Waals surface area contributed by atoms with Gasteiger partial charge in [-0.1, -0.05) is 35.9 Å². The molecule has 152 valence electrons. The number of aromatic nitrogens is 2. The monoisotopic (exact) mass is 423 g/mol. The highest BCUT2D eigenvalue weighted by atomic mass is 35.5. The van der Waals surface area contributed by atoms with E-state index in [-0.39, 0.29) is 23.8 Å². The first-order valence-electron chi connectivity index (χ1n) is 9.24. The lowest BCUT2D eigenvalue weighted by atomic mass is 9.92. The molecular formula is C21H18ClN5O3. The Balaban J connectivity index is 1.66. The van der Waals surface area contributed by atoms with Crippen LogP contribution in [0, 0.1) is 6.92 Å². The van der Waals surface area contributed by atoms with Crippen LogP contribution in [0.25, 0.3) is 0 Å². The minimum absolute atomic E-state index is 0.0661. The number of rotatable bonds is 4. The van der Waals surface area contributed by atoms with E-state index in [2.05, 4.69) is 25.9 Å². The lowest BCUT2D eigenvalue weighted by Crippen LogP contribution is -2.36. The normalized spacial score (nSPS) is 15.1. The van der Waals surface area contributed by atoms with Crippen molar-refractivity contribution in [3.05, 3.63) is 75.0 Å². The van der Waals surface area contributed by atoms with Crippen LogP contribution in [0.1, 0.15) is 23.5 Å². The molecule has 0 saturated carbocycles. The van der Waals surface area contributed by atoms with Gasteiger partial charge in [0.05, 0.1) is 11.5 Å². The van der Waals surface area contributed by atoms with E-state index in [0.29, 0.717) is 22.0 Å². The van der Waals surface area contributed by atoms with Crippen LogP contribution in [0.5, 0.6) is 0 Å². The van der Waals surface area contributed by atoms with Crippen molar-refractivity contribution in [2.75, 3.05) is 16.0 Å². The van der Waals surface area contributed by atoms with Gasteiger partial charge < -0.3 is 16.0 Å². The largest absolute Gasteiger partial charge is 0.326 e. The van der Waals surface area contributed by atoms with Crippen LogP contribution in [0.2, 0.25) is 5.02 Å². The Morgan fingerprint density at radius 1 is 1.13 bits per heavy atom. The molecule has 0 radical (unpaired) electrons. The topological polar surface area (TPSA) is 116 Å². The summed E-state index contributed by atoms with van der Waals surface area (Å²) in [5.74, 6) is -1.62. The lowest BCUT2D eigenvalue weighted by molar-refractivity contribution is -0.123. The number of carbonyl (C=O) groups is 2. The number of nitrogens with one attached hydrogen (secondary N) is 4. The maximum Gasteiger partial charge on any atom is 0.258 e. The van der Waals surface area contributed by atoms with Crippen LogP contribution >= 0.6 is 11.6 Å². The van der Waals surface area contributed by atoms with E-state index in [0.717, 1.165) is 0 Å². The van der Waals surface area contributed by atoms with Crippen molar-refractivity contribution in [3.8, 4) is 0 Å². The second-order valence-electron chi connectivity index (χ2n) is 6.87. The molecule has 0 aliphatic carbocycles. The van der Waals surface area contributed by atoms with Crippen LogP contribution in [0.15, 0.2) is 53.3 Å². The van der Waals surface area contributed by atoms with Crippen LogP contribution in [0.3, 0.4) is 0 Å². The molecule has 0 unspecified atom stereocenters. The average molecular weight is 424 g/mol. The number of nitrogens with zero attached hydrogens (tertiary/aromatic N) is 1. The van der Waals surface area contributed by atoms with Crippen molar-refractivity contribution in [3.63, 3.8) is 0 Å². The summed E-state index contributed by atoms with van der Waals surface area (Å²) in [4.78, 5) is 44.9. The number of carbonyl (C=O) groups excluding carboxylic acids is 2. The third-order valence-electron chi connectivity index (χ3n) is 4.83. The van der Waals surface area contributed by atoms with Crippen molar-refractivity contribution < 1.29 is 9.59 Å². The highest BCUT2D eigenvalue weighted by Crippen LogP contribution is 2.31. The zero-order chi connectivity index (χ0) is 21.3. The molecule has 1 atom stereocenters. The van der Waals surface area contributed by atoms with Crippen molar-refractivity contribution in [2.24, 2.45) is 0 Å². The molecular weight excluding hydrogens is 406 g/mol. The first kappa shape index (κ1) is 19.7. The molecule has 4 N–H and O–H groups in total. The fraction of sp³-hybridized carbons (Fsp3) is 0.143. The summed E-state index contributed by atoms with van der Waals surface area (Å²) in [5.41, 5.74) is 1.55. The summed E-state index contributed by atoms with van der Waals surface area (Å²) in [6, 6.07) is 14.3. The van der Waals surface area contributed by atoms with E-state index in [9.17, 15) is 14.4 Å². The van der Waals surface area contributed by atoms with Crippen molar-refractivity contribution >= 4 is 46.6 Å². The van der Waals surface area contributed by atoms with Gasteiger partial charge in [-0.3, -0.25) is 19.4 Å². The van der Waals surface area contributed by atoms with Crippen LogP contribution in [-0.2, 0) is 9.59 Å². The quantitative estimate of drug-likeness (QED) is 0.512. The molecule has 0 fully saturated rings. The van der Waals surface area contributed by atoms with Crippen LogP contribution in [-0.4, -0.2) is 21.8 Å². The molecule has 0 bridgehead atoms. The second kappa shape index (κ2) is 8.00. The Morgan fingerprint density at radius 2 is 1.90 bits per heavy atom. The fourth-order valence-electron chi connectivity index (χ4n) is 3.28. The molecule has 1 aliphatic heterocycles. The van der Waals surface area contributed by atoms with Gasteiger partial charge in [0.1, 0.15) is 5.82 Å². The number of anilines is 4. The standard InChI is InChI=1S/C21H18ClN5O3/c1-11-14(22)8-5-9-15(11)24-19(29)13-10-16(28)25-18-17(13)20(30)27-21(26-18)23-12-6-3-2-4-7-12/h2-9,13H,10H2,1H3,(H,24,29)(H3,23,25,26,27,28,30)/t13-/m1/s1. The number of benzene rings is 2. The average Bonchev–Trinajstić information content (AvgIpc) is 2.71. The molecule has 4 rings (SSSR count). The predicted octanol–water partition coefficient (Wildman–Crippen LogP) is 3.54. The number of fused-ring (bicyclic) bond motifs is 1. The van der Waals surface area contributed by atoms with Gasteiger partial charge in [0.2, 0.25) is 17.8 Å². The van der Waals surface area contributed by atoms with Crippen LogP contribution in [0.4, 0.5) is 23.1 Å². The Labute approximate surface area is 176 Å². The minimum atomic E-state index is -0.978. The summed E-state index contributed by atoms with van der Waals surface area (Å²) in [6.45, 7) is 1.77. The summed E-state index contributed by atoms with van der Waals surface area (Å²) in [5, 5.41) is 8.83. The summed E-state index contributed by atoms with van der Waals surface area (Å²) in [6.07, 6.45) is -0.158. The number of hydrogen-bond donors (Lipinski definition) is 4. The zero-order valence-electron chi connectivity index (χ0n) is 16.0. The summed E-state index contributed by atoms with van der Waals surface area (Å²) >= 11 is 6.11. The maximum atomic E-state index is 12.9. The lowest BCUT2D eigenvalue weighted by Gasteiger charge is -2.24. The molecule has 2 heterocycles. The summed E-state index contributed by atoms with van der Waals surface area (Å²) < 4.78 is 0. The van der Waals surface area contributed by atoms with Crippen molar-refractivity contribution in [1.29, 1.82) is 0 Å². The first-order chi connectivity index (χ1) is 14.4. The molecule has 1 aliphatic rings. The smallest absolute Gasteiger partial charge is 0.258 e. The van der Waals surface area contributed by atoms with E-state index in [1.165, 1.54) is 0 Å². The molecule has 2 amide bonds. The van der Waals surface area contributed by atoms with Crippen molar-refractivity contribution in [1.82, 2.24) is 9.97 Å². The second-order valence-corrected chi connectivity index (χ2v) is 7.28. The van der Waals surface area contributed by atoms with E-state index < -0.39 is 23.3 Å². The molecule has 30 heavy (non-hydrogen) atoms. The third-order valence-corrected chi connectivity index (χ3v) is 5.24. The van der Waals surface area contributed by atoms with E-state index in [1.54, 1.807) is 25.1 Å². The number of halogens is 1. The number of amides is 2. The minimum Gasteiger partial charge on any atom is -0.326 e. The van der Waals surface area contributed by atoms with Gasteiger partial charge in [0, 0.05) is 22.8 Å². The van der Waals surface area contributed by atoms with E-state index in [4.69, 9.17) is 11.6 Å². The number of aromatic amines is 1. The number of H-pyrrole nitrogens is 1. The Morgan fingerprint density at radius 3 is 2.67 bits per heavy atom. The molecule has 3 aromatic rings. The Hall–Kier alpha value is -3.65. The van der Waals surface area contributed by atoms with E-state index in [1.807, 2.05) is 30.3 Å². The van der Waals surface area contributed by atoms with Gasteiger partial charge in [0.15, 0.2) is 0 Å². The zero-order valence-corrected chi connectivity index (χ0v) is 16.7. The molecule has 0 saturated heterocycles. The Kier molecular flexibility index (Phi) is 5.24. The van der Waals surface area contributed by atoms with Gasteiger partial charge in [-0.05, 0) is 36.8 Å². The van der Waals surface area contributed by atoms with Gasteiger partial charge in [0.25, 0.3) is 5.56 Å². The first-order valence-corrected chi connectivity index (χ1v) is 9.62. The highest BCUT2D eigenvalue weighted by molar-refractivity contribution is 6.31. The van der Waals surface area contributed by atoms with Gasteiger partial charge in [-0.15, -0.1) is 0 Å². The molecule has 8 nitrogen and oxygen atoms in total. The number of para-hydroxylation sites is 1. The highest BCUT2D eigenvalue weighted by Gasteiger charge is 2.35. The van der Waals surface area contributed by atoms with Gasteiger partial charge in [-0.25, -0.2) is 0 Å². The van der Waals surface area contributed by atoms with Gasteiger partial charge >= 0.3 is 0 Å². The van der Waals surface area contributed by atoms with E-state index >= 15 is 0 Å². The Bertz CT molecular complexity index is 1190. The van der Waals surface area contributed by atoms with Gasteiger partial charge in [-0.2, -0.15) is 4.98 Å². The van der Waals surface area contributed by atoms with Crippen molar-refractivity contribution in [2.45, 2.75) is 19.3 Å². The fourth-order valence-corrected chi connectivity index (χ4v) is 3.45. The molecule has 2 aromatic carbocycles.